The average molecular weight is 789 g/mol. The van der Waals surface area contributed by atoms with Crippen LogP contribution in [0.25, 0.3) is 0 Å². The normalized spacial score (nSPS) is 12.1. The molecule has 1 unspecified atom stereocenters. The van der Waals surface area contributed by atoms with E-state index < -0.39 is 6.10 Å². The minimum absolute atomic E-state index is 0.0740. The van der Waals surface area contributed by atoms with E-state index in [1.165, 1.54) is 141 Å². The Bertz CT molecular complexity index is 911. The van der Waals surface area contributed by atoms with Crippen LogP contribution in [-0.2, 0) is 28.6 Å². The molecule has 0 aliphatic carbocycles. The van der Waals surface area contributed by atoms with Crippen LogP contribution in [0.15, 0.2) is 24.3 Å². The van der Waals surface area contributed by atoms with Crippen molar-refractivity contribution in [2.45, 2.75) is 264 Å². The Balaban J connectivity index is 4.34. The summed E-state index contributed by atoms with van der Waals surface area (Å²) < 4.78 is 16.7. The predicted octanol–water partition coefficient (Wildman–Crippen LogP) is 15.6. The van der Waals surface area contributed by atoms with Crippen molar-refractivity contribution >= 4 is 17.9 Å². The summed E-state index contributed by atoms with van der Waals surface area (Å²) in [5.41, 5.74) is 0. The molecule has 0 saturated heterocycles. The van der Waals surface area contributed by atoms with E-state index in [1.807, 2.05) is 0 Å². The molecule has 1 atom stereocenters. The first-order valence-corrected chi connectivity index (χ1v) is 24.3. The molecule has 0 bridgehead atoms. The fraction of sp³-hybridized carbons (Fsp3) is 0.860. The zero-order valence-corrected chi connectivity index (χ0v) is 37.4. The fourth-order valence-electron chi connectivity index (χ4n) is 6.95. The van der Waals surface area contributed by atoms with Gasteiger partial charge in [-0.2, -0.15) is 0 Å². The molecule has 0 aromatic carbocycles. The Labute approximate surface area is 347 Å². The Morgan fingerprint density at radius 2 is 0.607 bits per heavy atom. The van der Waals surface area contributed by atoms with E-state index in [2.05, 4.69) is 45.1 Å². The molecule has 0 N–H and O–H groups in total. The average Bonchev–Trinajstić information content (AvgIpc) is 3.19. The first-order chi connectivity index (χ1) is 27.5. The van der Waals surface area contributed by atoms with Gasteiger partial charge in [-0.05, 0) is 64.2 Å². The van der Waals surface area contributed by atoms with Crippen molar-refractivity contribution in [3.8, 4) is 0 Å². The van der Waals surface area contributed by atoms with Gasteiger partial charge in [0.1, 0.15) is 13.2 Å². The van der Waals surface area contributed by atoms with E-state index in [0.29, 0.717) is 19.3 Å². The van der Waals surface area contributed by atoms with Crippen LogP contribution in [0.2, 0.25) is 0 Å². The Morgan fingerprint density at radius 1 is 0.339 bits per heavy atom. The van der Waals surface area contributed by atoms with Crippen molar-refractivity contribution in [2.24, 2.45) is 0 Å². The Hall–Kier alpha value is -2.11. The first-order valence-electron chi connectivity index (χ1n) is 24.3. The highest BCUT2D eigenvalue weighted by Gasteiger charge is 2.19. The number of carbonyl (C=O) groups is 3. The van der Waals surface area contributed by atoms with E-state index in [0.717, 1.165) is 77.0 Å². The second-order valence-electron chi connectivity index (χ2n) is 16.4. The van der Waals surface area contributed by atoms with Gasteiger partial charge in [-0.1, -0.05) is 199 Å². The third-order valence-electron chi connectivity index (χ3n) is 10.7. The highest BCUT2D eigenvalue weighted by Crippen LogP contribution is 2.15. The minimum atomic E-state index is -0.771. The van der Waals surface area contributed by atoms with Crippen LogP contribution in [-0.4, -0.2) is 37.2 Å². The van der Waals surface area contributed by atoms with Crippen LogP contribution in [0, 0.1) is 0 Å². The van der Waals surface area contributed by atoms with Crippen LogP contribution in [0.1, 0.15) is 258 Å². The number of unbranched alkanes of at least 4 members (excludes halogenated alkanes) is 29. The third-order valence-corrected chi connectivity index (χ3v) is 10.7. The first kappa shape index (κ1) is 53.9. The molecule has 0 aliphatic rings. The Kier molecular flexibility index (Phi) is 43.9. The van der Waals surface area contributed by atoms with Gasteiger partial charge in [-0.15, -0.1) is 0 Å². The topological polar surface area (TPSA) is 78.9 Å². The molecular weight excluding hydrogens is 697 g/mol. The molecule has 0 aromatic rings. The largest absolute Gasteiger partial charge is 0.462 e. The van der Waals surface area contributed by atoms with E-state index in [4.69, 9.17) is 14.2 Å². The zero-order chi connectivity index (χ0) is 40.8. The molecular formula is C50H92O6. The highest BCUT2D eigenvalue weighted by molar-refractivity contribution is 5.71. The lowest BCUT2D eigenvalue weighted by atomic mass is 10.0. The summed E-state index contributed by atoms with van der Waals surface area (Å²) in [4.78, 5) is 37.8. The molecule has 0 radical (unpaired) electrons. The van der Waals surface area contributed by atoms with Crippen molar-refractivity contribution in [2.75, 3.05) is 13.2 Å². The highest BCUT2D eigenvalue weighted by atomic mass is 16.6. The van der Waals surface area contributed by atoms with Crippen molar-refractivity contribution in [1.29, 1.82) is 0 Å². The molecule has 0 heterocycles. The number of allylic oxidation sites excluding steroid dienone is 4. The maximum atomic E-state index is 12.7. The fourth-order valence-corrected chi connectivity index (χ4v) is 6.95. The van der Waals surface area contributed by atoms with Crippen molar-refractivity contribution in [3.63, 3.8) is 0 Å². The SMILES string of the molecule is CCCC/C=C\CCCCCCC(=O)OCC(COC(=O)CCCCCCCCC/C=C\CCCCCC)OC(=O)CCCCCCCCCCCCCCC. The summed E-state index contributed by atoms with van der Waals surface area (Å²) in [6.07, 6.45) is 50.1. The lowest BCUT2D eigenvalue weighted by Gasteiger charge is -2.18. The van der Waals surface area contributed by atoms with Gasteiger partial charge in [0, 0.05) is 19.3 Å². The van der Waals surface area contributed by atoms with Gasteiger partial charge in [0.05, 0.1) is 0 Å². The smallest absolute Gasteiger partial charge is 0.306 e. The molecule has 0 amide bonds. The van der Waals surface area contributed by atoms with Gasteiger partial charge < -0.3 is 14.2 Å². The van der Waals surface area contributed by atoms with Gasteiger partial charge in [0.15, 0.2) is 6.10 Å². The van der Waals surface area contributed by atoms with Gasteiger partial charge >= 0.3 is 17.9 Å². The number of esters is 3. The van der Waals surface area contributed by atoms with Crippen molar-refractivity contribution in [3.05, 3.63) is 24.3 Å². The number of hydrogen-bond acceptors (Lipinski definition) is 6. The van der Waals surface area contributed by atoms with Crippen LogP contribution in [0.4, 0.5) is 0 Å². The summed E-state index contributed by atoms with van der Waals surface area (Å²) >= 11 is 0. The second kappa shape index (κ2) is 45.6. The summed E-state index contributed by atoms with van der Waals surface area (Å²) in [6.45, 7) is 6.58. The molecule has 0 rings (SSSR count). The summed E-state index contributed by atoms with van der Waals surface area (Å²) in [5, 5.41) is 0. The summed E-state index contributed by atoms with van der Waals surface area (Å²) in [6, 6.07) is 0. The number of rotatable bonds is 44. The van der Waals surface area contributed by atoms with E-state index in [-0.39, 0.29) is 31.1 Å². The van der Waals surface area contributed by atoms with E-state index in [1.54, 1.807) is 0 Å². The monoisotopic (exact) mass is 789 g/mol. The van der Waals surface area contributed by atoms with Crippen LogP contribution < -0.4 is 0 Å². The zero-order valence-electron chi connectivity index (χ0n) is 37.4. The van der Waals surface area contributed by atoms with E-state index >= 15 is 0 Å². The van der Waals surface area contributed by atoms with E-state index in [9.17, 15) is 14.4 Å². The number of carbonyl (C=O) groups excluding carboxylic acids is 3. The van der Waals surface area contributed by atoms with Crippen molar-refractivity contribution in [1.82, 2.24) is 0 Å². The van der Waals surface area contributed by atoms with Gasteiger partial charge in [0.25, 0.3) is 0 Å². The second-order valence-corrected chi connectivity index (χ2v) is 16.4. The molecule has 56 heavy (non-hydrogen) atoms. The predicted molar refractivity (Wildman–Crippen MR) is 238 cm³/mol. The molecule has 6 nitrogen and oxygen atoms in total. The molecule has 0 fully saturated rings. The number of hydrogen-bond donors (Lipinski definition) is 0. The Morgan fingerprint density at radius 3 is 0.964 bits per heavy atom. The molecule has 0 spiro atoms. The van der Waals surface area contributed by atoms with Gasteiger partial charge in [0.2, 0.25) is 0 Å². The van der Waals surface area contributed by atoms with Gasteiger partial charge in [-0.3, -0.25) is 14.4 Å². The molecule has 0 aliphatic heterocycles. The summed E-state index contributed by atoms with van der Waals surface area (Å²) in [5.74, 6) is -0.884. The quantitative estimate of drug-likeness (QED) is 0.0265. The standard InChI is InChI=1S/C50H92O6/c1-4-7-10-13-16-19-22-24-25-27-28-31-34-37-40-43-49(52)55-46-47(45-54-48(51)42-39-36-33-30-21-18-15-12-9-6-3)56-50(53)44-41-38-35-32-29-26-23-20-17-14-11-8-5-2/h15,18-19,22,47H,4-14,16-17,20-21,23-46H2,1-3H3/b18-15-,22-19-. The third kappa shape index (κ3) is 43.0. The molecule has 0 aromatic heterocycles. The maximum Gasteiger partial charge on any atom is 0.306 e. The molecule has 0 saturated carbocycles. The lowest BCUT2D eigenvalue weighted by molar-refractivity contribution is -0.167. The van der Waals surface area contributed by atoms with Crippen LogP contribution in [0.3, 0.4) is 0 Å². The molecule has 328 valence electrons. The minimum Gasteiger partial charge on any atom is -0.462 e. The van der Waals surface area contributed by atoms with Crippen LogP contribution in [0.5, 0.6) is 0 Å². The lowest BCUT2D eigenvalue weighted by Crippen LogP contribution is -2.30. The summed E-state index contributed by atoms with van der Waals surface area (Å²) in [7, 11) is 0. The van der Waals surface area contributed by atoms with Crippen LogP contribution >= 0.6 is 0 Å². The maximum absolute atomic E-state index is 12.7. The van der Waals surface area contributed by atoms with Crippen molar-refractivity contribution < 1.29 is 28.6 Å². The number of ether oxygens (including phenoxy) is 3. The van der Waals surface area contributed by atoms with Gasteiger partial charge in [-0.25, -0.2) is 0 Å². The molecule has 6 heteroatoms.